The van der Waals surface area contributed by atoms with Gasteiger partial charge in [0.15, 0.2) is 0 Å². The fourth-order valence-corrected chi connectivity index (χ4v) is 1.50. The molecule has 1 aromatic rings. The van der Waals surface area contributed by atoms with E-state index >= 15 is 0 Å². The molecule has 0 saturated heterocycles. The number of hydrogen-bond donors (Lipinski definition) is 0. The summed E-state index contributed by atoms with van der Waals surface area (Å²) in [5, 5.41) is 30.6. The van der Waals surface area contributed by atoms with Crippen LogP contribution in [0.15, 0.2) is 0 Å². The van der Waals surface area contributed by atoms with Gasteiger partial charge in [0.05, 0.1) is 0 Å². The van der Waals surface area contributed by atoms with Gasteiger partial charge in [0.1, 0.15) is 9.85 Å². The average Bonchev–Trinajstić information content (AvgIpc) is 2.81. The molecule has 0 bridgehead atoms. The van der Waals surface area contributed by atoms with E-state index < -0.39 is 21.6 Å². The quantitative estimate of drug-likeness (QED) is 0.226. The number of tetrazole rings is 1. The van der Waals surface area contributed by atoms with E-state index in [0.717, 1.165) is 23.9 Å². The Morgan fingerprint density at radius 2 is 1.89 bits per heavy atom. The first-order valence-corrected chi connectivity index (χ1v) is 5.69. The lowest BCUT2D eigenvalue weighted by molar-refractivity contribution is -0.848. The summed E-state index contributed by atoms with van der Waals surface area (Å²) in [5.74, 6) is -5.03. The van der Waals surface area contributed by atoms with Gasteiger partial charge in [-0.2, -0.15) is 0 Å². The Hall–Kier alpha value is -2.20. The van der Waals surface area contributed by atoms with Gasteiger partial charge in [0.25, 0.3) is 0 Å². The van der Waals surface area contributed by atoms with Crippen LogP contribution >= 0.6 is 0 Å². The van der Waals surface area contributed by atoms with Gasteiger partial charge in [-0.05, 0) is 16.8 Å². The highest BCUT2D eigenvalue weighted by Gasteiger charge is 2.65. The predicted molar refractivity (Wildman–Crippen MR) is 58.7 cm³/mol. The maximum absolute atomic E-state index is 13.9. The van der Waals surface area contributed by atoms with E-state index in [1.165, 1.54) is 0 Å². The Morgan fingerprint density at radius 3 is 2.42 bits per heavy atom. The van der Waals surface area contributed by atoms with Gasteiger partial charge in [-0.15, -0.1) is 0 Å². The first-order valence-electron chi connectivity index (χ1n) is 5.69. The second-order valence-electron chi connectivity index (χ2n) is 3.89. The number of alkyl halides is 1. The van der Waals surface area contributed by atoms with E-state index in [-0.39, 0.29) is 6.54 Å². The standard InChI is InChI=1S/C8H13FN6O4/c1-2-3-4-5-6-13-7(10-11-12-13)8(9,14(16)17)15(18)19/h2-6H2,1H3. The molecular weight excluding hydrogens is 263 g/mol. The van der Waals surface area contributed by atoms with Crippen molar-refractivity contribution in [1.82, 2.24) is 20.2 Å². The number of aryl methyl sites for hydroxylation is 1. The molecule has 1 aromatic heterocycles. The molecular formula is C8H13FN6O4. The van der Waals surface area contributed by atoms with Crippen LogP contribution in [0.1, 0.15) is 38.4 Å². The molecule has 10 nitrogen and oxygen atoms in total. The lowest BCUT2D eigenvalue weighted by atomic mass is 10.2. The van der Waals surface area contributed by atoms with Gasteiger partial charge in [-0.1, -0.05) is 35.7 Å². The zero-order valence-corrected chi connectivity index (χ0v) is 10.2. The van der Waals surface area contributed by atoms with E-state index in [9.17, 15) is 24.6 Å². The molecule has 0 N–H and O–H groups in total. The Bertz CT molecular complexity index is 450. The lowest BCUT2D eigenvalue weighted by Crippen LogP contribution is -2.41. The van der Waals surface area contributed by atoms with Gasteiger partial charge in [-0.3, -0.25) is 20.2 Å². The van der Waals surface area contributed by atoms with Crippen LogP contribution in [0.2, 0.25) is 0 Å². The van der Waals surface area contributed by atoms with E-state index in [1.54, 1.807) is 0 Å². The summed E-state index contributed by atoms with van der Waals surface area (Å²) < 4.78 is 14.6. The van der Waals surface area contributed by atoms with Crippen molar-refractivity contribution in [2.24, 2.45) is 0 Å². The minimum Gasteiger partial charge on any atom is -0.256 e. The van der Waals surface area contributed by atoms with Crippen LogP contribution in [0.25, 0.3) is 0 Å². The highest BCUT2D eigenvalue weighted by atomic mass is 19.2. The van der Waals surface area contributed by atoms with Crippen LogP contribution in [0.5, 0.6) is 0 Å². The summed E-state index contributed by atoms with van der Waals surface area (Å²) in [6.45, 7) is 2.09. The van der Waals surface area contributed by atoms with E-state index in [0.29, 0.717) is 6.42 Å². The second-order valence-corrected chi connectivity index (χ2v) is 3.89. The fraction of sp³-hybridized carbons (Fsp3) is 0.875. The third-order valence-electron chi connectivity index (χ3n) is 2.52. The van der Waals surface area contributed by atoms with Crippen LogP contribution in [0.3, 0.4) is 0 Å². The van der Waals surface area contributed by atoms with E-state index in [2.05, 4.69) is 15.5 Å². The average molecular weight is 276 g/mol. The number of halogens is 1. The SMILES string of the molecule is CCCCCCn1nnnc1C(F)([N+](=O)[O-])[N+](=O)[O-]. The van der Waals surface area contributed by atoms with Gasteiger partial charge in [0, 0.05) is 6.54 Å². The number of hydrogen-bond acceptors (Lipinski definition) is 7. The van der Waals surface area contributed by atoms with Crippen molar-refractivity contribution in [3.05, 3.63) is 26.1 Å². The van der Waals surface area contributed by atoms with E-state index in [4.69, 9.17) is 0 Å². The molecule has 0 saturated carbocycles. The molecule has 0 atom stereocenters. The van der Waals surface area contributed by atoms with Gasteiger partial charge in [0.2, 0.25) is 0 Å². The van der Waals surface area contributed by atoms with Crippen molar-refractivity contribution in [3.8, 4) is 0 Å². The zero-order valence-electron chi connectivity index (χ0n) is 10.2. The maximum atomic E-state index is 13.9. The molecule has 11 heteroatoms. The maximum Gasteiger partial charge on any atom is 0.679 e. The normalized spacial score (nSPS) is 11.5. The summed E-state index contributed by atoms with van der Waals surface area (Å²) in [6.07, 6.45) is 3.26. The number of rotatable bonds is 8. The molecule has 0 aromatic carbocycles. The van der Waals surface area contributed by atoms with Crippen molar-refractivity contribution in [3.63, 3.8) is 0 Å². The molecule has 0 radical (unpaired) electrons. The van der Waals surface area contributed by atoms with Crippen LogP contribution in [0.4, 0.5) is 4.39 Å². The summed E-state index contributed by atoms with van der Waals surface area (Å²) in [7, 11) is 0. The molecule has 0 amide bonds. The molecule has 0 unspecified atom stereocenters. The molecule has 0 aliphatic rings. The monoisotopic (exact) mass is 276 g/mol. The Balaban J connectivity index is 2.91. The Labute approximate surface area is 106 Å². The lowest BCUT2D eigenvalue weighted by Gasteiger charge is -2.07. The largest absolute Gasteiger partial charge is 0.679 e. The van der Waals surface area contributed by atoms with Crippen molar-refractivity contribution in [2.75, 3.05) is 0 Å². The van der Waals surface area contributed by atoms with Crippen LogP contribution in [-0.2, 0) is 12.5 Å². The molecule has 1 rings (SSSR count). The molecule has 19 heavy (non-hydrogen) atoms. The zero-order chi connectivity index (χ0) is 14.5. The van der Waals surface area contributed by atoms with Gasteiger partial charge < -0.3 is 0 Å². The summed E-state index contributed by atoms with van der Waals surface area (Å²) in [4.78, 5) is 17.8. The Morgan fingerprint density at radius 1 is 1.26 bits per heavy atom. The van der Waals surface area contributed by atoms with Gasteiger partial charge >= 0.3 is 11.7 Å². The second kappa shape index (κ2) is 6.11. The van der Waals surface area contributed by atoms with Crippen LogP contribution in [0, 0.1) is 20.2 Å². The molecule has 0 fully saturated rings. The fourth-order valence-electron chi connectivity index (χ4n) is 1.50. The van der Waals surface area contributed by atoms with E-state index in [1.807, 2.05) is 6.92 Å². The van der Waals surface area contributed by atoms with Gasteiger partial charge in [-0.25, -0.2) is 4.68 Å². The number of aromatic nitrogens is 4. The molecule has 106 valence electrons. The molecule has 0 aliphatic heterocycles. The minimum absolute atomic E-state index is 0.0929. The minimum atomic E-state index is -4.02. The summed E-state index contributed by atoms with van der Waals surface area (Å²) in [6, 6.07) is 0. The predicted octanol–water partition coefficient (Wildman–Crippen LogP) is 0.887. The van der Waals surface area contributed by atoms with Crippen molar-refractivity contribution in [2.45, 2.75) is 45.1 Å². The number of nitrogens with zero attached hydrogens (tertiary/aromatic N) is 6. The highest BCUT2D eigenvalue weighted by molar-refractivity contribution is 4.87. The summed E-state index contributed by atoms with van der Waals surface area (Å²) >= 11 is 0. The smallest absolute Gasteiger partial charge is 0.256 e. The first kappa shape index (κ1) is 14.9. The number of nitro groups is 2. The molecule has 0 aliphatic carbocycles. The third kappa shape index (κ3) is 2.98. The van der Waals surface area contributed by atoms with Crippen molar-refractivity contribution >= 4 is 0 Å². The van der Waals surface area contributed by atoms with Crippen molar-refractivity contribution in [1.29, 1.82) is 0 Å². The first-order chi connectivity index (χ1) is 8.94. The Kier molecular flexibility index (Phi) is 4.78. The van der Waals surface area contributed by atoms with Crippen LogP contribution < -0.4 is 0 Å². The molecule has 1 heterocycles. The van der Waals surface area contributed by atoms with Crippen molar-refractivity contribution < 1.29 is 14.2 Å². The number of unbranched alkanes of at least 4 members (excludes halogenated alkanes) is 3. The summed E-state index contributed by atoms with van der Waals surface area (Å²) in [5.41, 5.74) is 0. The highest BCUT2D eigenvalue weighted by Crippen LogP contribution is 2.25. The molecule has 0 spiro atoms. The third-order valence-corrected chi connectivity index (χ3v) is 2.52. The topological polar surface area (TPSA) is 130 Å². The van der Waals surface area contributed by atoms with Crippen LogP contribution in [-0.4, -0.2) is 30.1 Å².